The number of carboxylic acid groups (broad SMARTS) is 1. The van der Waals surface area contributed by atoms with Crippen LogP contribution in [0.5, 0.6) is 0 Å². The summed E-state index contributed by atoms with van der Waals surface area (Å²) in [6.07, 6.45) is 2.10. The third-order valence-corrected chi connectivity index (χ3v) is 4.39. The average Bonchev–Trinajstić information content (AvgIpc) is 3.15. The van der Waals surface area contributed by atoms with Crippen LogP contribution in [-0.2, 0) is 13.0 Å². The van der Waals surface area contributed by atoms with Crippen molar-refractivity contribution in [3.8, 4) is 11.3 Å². The van der Waals surface area contributed by atoms with Crippen LogP contribution in [0.4, 0.5) is 0 Å². The second-order valence-electron chi connectivity index (χ2n) is 6.46. The normalized spacial score (nSPS) is 12.0. The molecule has 0 saturated heterocycles. The SMILES string of the molecule is C[C@@H](CCc1ccccc1)NCc1ccc(-c2cccc(C(=O)O)c2)o1. The summed E-state index contributed by atoms with van der Waals surface area (Å²) < 4.78 is 5.86. The highest BCUT2D eigenvalue weighted by Gasteiger charge is 2.09. The van der Waals surface area contributed by atoms with E-state index in [1.807, 2.05) is 24.3 Å². The van der Waals surface area contributed by atoms with Gasteiger partial charge in [0.2, 0.25) is 0 Å². The Balaban J connectivity index is 1.53. The number of rotatable bonds is 8. The zero-order valence-electron chi connectivity index (χ0n) is 14.8. The fourth-order valence-corrected chi connectivity index (χ4v) is 2.84. The van der Waals surface area contributed by atoms with Crippen LogP contribution in [0.1, 0.15) is 35.0 Å². The van der Waals surface area contributed by atoms with E-state index in [0.29, 0.717) is 18.3 Å². The van der Waals surface area contributed by atoms with Crippen LogP contribution >= 0.6 is 0 Å². The highest BCUT2D eigenvalue weighted by Crippen LogP contribution is 2.23. The predicted molar refractivity (Wildman–Crippen MR) is 102 cm³/mol. The molecule has 0 spiro atoms. The van der Waals surface area contributed by atoms with E-state index < -0.39 is 5.97 Å². The molecule has 3 rings (SSSR count). The van der Waals surface area contributed by atoms with Gasteiger partial charge in [0.05, 0.1) is 12.1 Å². The lowest BCUT2D eigenvalue weighted by molar-refractivity contribution is 0.0697. The van der Waals surface area contributed by atoms with Crippen molar-refractivity contribution in [2.75, 3.05) is 0 Å². The summed E-state index contributed by atoms with van der Waals surface area (Å²) >= 11 is 0. The molecule has 4 heteroatoms. The number of aryl methyl sites for hydroxylation is 1. The first kappa shape index (κ1) is 18.0. The molecule has 4 nitrogen and oxygen atoms in total. The van der Waals surface area contributed by atoms with E-state index >= 15 is 0 Å². The molecule has 0 bridgehead atoms. The molecule has 0 aliphatic heterocycles. The van der Waals surface area contributed by atoms with Crippen molar-refractivity contribution in [1.29, 1.82) is 0 Å². The minimum absolute atomic E-state index is 0.258. The molecule has 3 aromatic rings. The molecular weight excluding hydrogens is 326 g/mol. The Labute approximate surface area is 153 Å². The first-order chi connectivity index (χ1) is 12.6. The Morgan fingerprint density at radius 2 is 1.88 bits per heavy atom. The van der Waals surface area contributed by atoms with Gasteiger partial charge in [-0.25, -0.2) is 4.79 Å². The van der Waals surface area contributed by atoms with Crippen LogP contribution in [0.2, 0.25) is 0 Å². The molecule has 0 radical (unpaired) electrons. The summed E-state index contributed by atoms with van der Waals surface area (Å²) in [5, 5.41) is 12.6. The van der Waals surface area contributed by atoms with Crippen molar-refractivity contribution in [3.63, 3.8) is 0 Å². The summed E-state index contributed by atoms with van der Waals surface area (Å²) in [4.78, 5) is 11.1. The van der Waals surface area contributed by atoms with E-state index in [1.165, 1.54) is 5.56 Å². The maximum Gasteiger partial charge on any atom is 0.335 e. The highest BCUT2D eigenvalue weighted by atomic mass is 16.4. The van der Waals surface area contributed by atoms with Gasteiger partial charge in [-0.1, -0.05) is 42.5 Å². The van der Waals surface area contributed by atoms with E-state index in [9.17, 15) is 4.79 Å². The molecule has 0 fully saturated rings. The van der Waals surface area contributed by atoms with Gasteiger partial charge >= 0.3 is 5.97 Å². The second kappa shape index (κ2) is 8.50. The number of carbonyl (C=O) groups is 1. The Kier molecular flexibility index (Phi) is 5.87. The molecule has 26 heavy (non-hydrogen) atoms. The number of carboxylic acids is 1. The molecule has 0 unspecified atom stereocenters. The van der Waals surface area contributed by atoms with Gasteiger partial charge in [-0.05, 0) is 49.6 Å². The van der Waals surface area contributed by atoms with Crippen molar-refractivity contribution in [2.45, 2.75) is 32.4 Å². The van der Waals surface area contributed by atoms with Crippen molar-refractivity contribution in [2.24, 2.45) is 0 Å². The van der Waals surface area contributed by atoms with Crippen LogP contribution in [-0.4, -0.2) is 17.1 Å². The molecule has 2 aromatic carbocycles. The number of nitrogens with one attached hydrogen (secondary N) is 1. The van der Waals surface area contributed by atoms with Gasteiger partial charge < -0.3 is 14.8 Å². The van der Waals surface area contributed by atoms with Crippen molar-refractivity contribution in [1.82, 2.24) is 5.32 Å². The summed E-state index contributed by atoms with van der Waals surface area (Å²) in [6.45, 7) is 2.82. The molecular formula is C22H23NO3. The molecule has 1 heterocycles. The lowest BCUT2D eigenvalue weighted by atomic mass is 10.1. The number of hydrogen-bond donors (Lipinski definition) is 2. The summed E-state index contributed by atoms with van der Waals surface area (Å²) in [7, 11) is 0. The first-order valence-electron chi connectivity index (χ1n) is 8.81. The third kappa shape index (κ3) is 4.83. The lowest BCUT2D eigenvalue weighted by Gasteiger charge is -2.12. The number of hydrogen-bond acceptors (Lipinski definition) is 3. The Morgan fingerprint density at radius 1 is 1.08 bits per heavy atom. The molecule has 1 aromatic heterocycles. The quantitative estimate of drug-likeness (QED) is 0.616. The van der Waals surface area contributed by atoms with Crippen LogP contribution in [0.25, 0.3) is 11.3 Å². The highest BCUT2D eigenvalue weighted by molar-refractivity contribution is 5.89. The predicted octanol–water partition coefficient (Wildman–Crippen LogP) is 4.76. The zero-order valence-corrected chi connectivity index (χ0v) is 14.8. The molecule has 0 saturated carbocycles. The molecule has 1 atom stereocenters. The lowest BCUT2D eigenvalue weighted by Crippen LogP contribution is -2.25. The summed E-state index contributed by atoms with van der Waals surface area (Å²) in [5.41, 5.74) is 2.38. The van der Waals surface area contributed by atoms with E-state index in [4.69, 9.17) is 9.52 Å². The maximum absolute atomic E-state index is 11.1. The van der Waals surface area contributed by atoms with E-state index in [-0.39, 0.29) is 5.56 Å². The van der Waals surface area contributed by atoms with Gasteiger partial charge in [-0.15, -0.1) is 0 Å². The second-order valence-corrected chi connectivity index (χ2v) is 6.46. The van der Waals surface area contributed by atoms with Crippen molar-refractivity contribution in [3.05, 3.63) is 83.6 Å². The van der Waals surface area contributed by atoms with E-state index in [0.717, 1.165) is 24.2 Å². The van der Waals surface area contributed by atoms with Crippen LogP contribution in [0, 0.1) is 0 Å². The molecule has 0 aliphatic rings. The largest absolute Gasteiger partial charge is 0.478 e. The standard InChI is InChI=1S/C22H23NO3/c1-16(10-11-17-6-3-2-4-7-17)23-15-20-12-13-21(26-20)18-8-5-9-19(14-18)22(24)25/h2-9,12-14,16,23H,10-11,15H2,1H3,(H,24,25)/t16-/m0/s1. The number of benzene rings is 2. The van der Waals surface area contributed by atoms with Crippen molar-refractivity contribution >= 4 is 5.97 Å². The smallest absolute Gasteiger partial charge is 0.335 e. The fourth-order valence-electron chi connectivity index (χ4n) is 2.84. The first-order valence-corrected chi connectivity index (χ1v) is 8.81. The summed E-state index contributed by atoms with van der Waals surface area (Å²) in [6, 6.07) is 21.4. The molecule has 0 amide bonds. The van der Waals surface area contributed by atoms with Gasteiger partial charge in [-0.3, -0.25) is 0 Å². The number of furan rings is 1. The van der Waals surface area contributed by atoms with Crippen molar-refractivity contribution < 1.29 is 14.3 Å². The maximum atomic E-state index is 11.1. The topological polar surface area (TPSA) is 62.5 Å². The van der Waals surface area contributed by atoms with Crippen LogP contribution in [0.3, 0.4) is 0 Å². The molecule has 0 aliphatic carbocycles. The van der Waals surface area contributed by atoms with Gasteiger partial charge in [0.15, 0.2) is 0 Å². The van der Waals surface area contributed by atoms with Crippen LogP contribution < -0.4 is 5.32 Å². The molecule has 134 valence electrons. The van der Waals surface area contributed by atoms with Gasteiger partial charge in [-0.2, -0.15) is 0 Å². The van der Waals surface area contributed by atoms with E-state index in [2.05, 4.69) is 36.5 Å². The molecule has 2 N–H and O–H groups in total. The monoisotopic (exact) mass is 349 g/mol. The van der Waals surface area contributed by atoms with E-state index in [1.54, 1.807) is 18.2 Å². The third-order valence-electron chi connectivity index (χ3n) is 4.39. The minimum atomic E-state index is -0.937. The average molecular weight is 349 g/mol. The number of aromatic carboxylic acids is 1. The summed E-state index contributed by atoms with van der Waals surface area (Å²) in [5.74, 6) is 0.585. The van der Waals surface area contributed by atoms with Crippen LogP contribution in [0.15, 0.2) is 71.1 Å². The van der Waals surface area contributed by atoms with Gasteiger partial charge in [0.25, 0.3) is 0 Å². The fraction of sp³-hybridized carbons (Fsp3) is 0.227. The Morgan fingerprint density at radius 3 is 2.65 bits per heavy atom. The van der Waals surface area contributed by atoms with Gasteiger partial charge in [0, 0.05) is 11.6 Å². The minimum Gasteiger partial charge on any atom is -0.478 e. The zero-order chi connectivity index (χ0) is 18.4. The Bertz CT molecular complexity index is 855. The Hall–Kier alpha value is -2.85. The van der Waals surface area contributed by atoms with Gasteiger partial charge in [0.1, 0.15) is 11.5 Å².